The Labute approximate surface area is 134 Å². The van der Waals surface area contributed by atoms with Crippen molar-refractivity contribution in [3.05, 3.63) is 45.1 Å². The van der Waals surface area contributed by atoms with Gasteiger partial charge in [-0.05, 0) is 56.8 Å². The predicted molar refractivity (Wildman–Crippen MR) is 90.8 cm³/mol. The third-order valence-corrected chi connectivity index (χ3v) is 5.54. The van der Waals surface area contributed by atoms with Crippen LogP contribution in [0.25, 0.3) is 10.9 Å². The number of piperidine rings is 2. The molecule has 2 fully saturated rings. The number of hydrogen-bond acceptors (Lipinski definition) is 3. The van der Waals surface area contributed by atoms with Gasteiger partial charge in [0.2, 0.25) is 0 Å². The number of nitrogens with one attached hydrogen (secondary N) is 1. The molecule has 1 aromatic carbocycles. The second-order valence-corrected chi connectivity index (χ2v) is 6.89. The van der Waals surface area contributed by atoms with Gasteiger partial charge in [0.25, 0.3) is 5.56 Å². The maximum atomic E-state index is 12.7. The summed E-state index contributed by atoms with van der Waals surface area (Å²) in [5.41, 5.74) is 0.195. The zero-order chi connectivity index (χ0) is 15.8. The molecule has 2 saturated heterocycles. The van der Waals surface area contributed by atoms with Gasteiger partial charge in [-0.15, -0.1) is 0 Å². The Hall–Kier alpha value is -1.88. The summed E-state index contributed by atoms with van der Waals surface area (Å²) in [7, 11) is 0. The molecule has 0 bridgehead atoms. The maximum Gasteiger partial charge on any atom is 0.328 e. The van der Waals surface area contributed by atoms with E-state index in [1.165, 1.54) is 43.3 Å². The molecule has 2 aliphatic rings. The van der Waals surface area contributed by atoms with Crippen LogP contribution in [0.15, 0.2) is 33.9 Å². The van der Waals surface area contributed by atoms with Crippen molar-refractivity contribution < 1.29 is 0 Å². The minimum atomic E-state index is -0.276. The van der Waals surface area contributed by atoms with Crippen molar-refractivity contribution >= 4 is 10.9 Å². The smallest absolute Gasteiger partial charge is 0.307 e. The van der Waals surface area contributed by atoms with Crippen LogP contribution in [0, 0.1) is 5.92 Å². The van der Waals surface area contributed by atoms with Crippen molar-refractivity contribution in [1.29, 1.82) is 0 Å². The molecule has 0 saturated carbocycles. The summed E-state index contributed by atoms with van der Waals surface area (Å²) in [6.45, 7) is 2.88. The van der Waals surface area contributed by atoms with Crippen LogP contribution < -0.4 is 11.2 Å². The molecule has 2 atom stereocenters. The number of aromatic nitrogens is 2. The Morgan fingerprint density at radius 1 is 1.04 bits per heavy atom. The first-order valence-electron chi connectivity index (χ1n) is 8.70. The zero-order valence-electron chi connectivity index (χ0n) is 13.3. The van der Waals surface area contributed by atoms with Crippen molar-refractivity contribution in [2.45, 2.75) is 44.7 Å². The van der Waals surface area contributed by atoms with Crippen LogP contribution in [-0.2, 0) is 6.54 Å². The summed E-state index contributed by atoms with van der Waals surface area (Å²) in [4.78, 5) is 30.5. The second kappa shape index (κ2) is 5.96. The van der Waals surface area contributed by atoms with E-state index >= 15 is 0 Å². The number of para-hydroxylation sites is 1. The van der Waals surface area contributed by atoms with E-state index < -0.39 is 0 Å². The van der Waals surface area contributed by atoms with E-state index in [4.69, 9.17) is 0 Å². The van der Waals surface area contributed by atoms with Crippen LogP contribution in [0.4, 0.5) is 0 Å². The lowest BCUT2D eigenvalue weighted by Gasteiger charge is -2.44. The predicted octanol–water partition coefficient (Wildman–Crippen LogP) is 1.95. The average Bonchev–Trinajstić information content (AvgIpc) is 2.59. The zero-order valence-corrected chi connectivity index (χ0v) is 13.3. The van der Waals surface area contributed by atoms with E-state index in [0.717, 1.165) is 6.42 Å². The molecule has 5 heteroatoms. The lowest BCUT2D eigenvalue weighted by molar-refractivity contribution is 0.0510. The number of H-pyrrole nitrogens is 1. The largest absolute Gasteiger partial charge is 0.328 e. The molecule has 1 aromatic heterocycles. The molecule has 3 heterocycles. The molecule has 2 aromatic rings. The Bertz CT molecular complexity index is 821. The molecule has 2 aliphatic heterocycles. The fourth-order valence-electron chi connectivity index (χ4n) is 4.39. The molecule has 0 aliphatic carbocycles. The van der Waals surface area contributed by atoms with Crippen LogP contribution in [0.3, 0.4) is 0 Å². The number of fused-ring (bicyclic) bond motifs is 2. The van der Waals surface area contributed by atoms with Gasteiger partial charge in [0, 0.05) is 12.6 Å². The maximum absolute atomic E-state index is 12.7. The molecule has 0 radical (unpaired) electrons. The highest BCUT2D eigenvalue weighted by Crippen LogP contribution is 2.31. The van der Waals surface area contributed by atoms with E-state index in [1.807, 2.05) is 12.1 Å². The molecule has 0 amide bonds. The van der Waals surface area contributed by atoms with Crippen LogP contribution in [0.5, 0.6) is 0 Å². The quantitative estimate of drug-likeness (QED) is 0.922. The number of hydrogen-bond donors (Lipinski definition) is 1. The molecule has 0 spiro atoms. The monoisotopic (exact) mass is 313 g/mol. The fourth-order valence-corrected chi connectivity index (χ4v) is 4.39. The van der Waals surface area contributed by atoms with Crippen molar-refractivity contribution in [3.63, 3.8) is 0 Å². The van der Waals surface area contributed by atoms with Gasteiger partial charge in [-0.1, -0.05) is 18.6 Å². The summed E-state index contributed by atoms with van der Waals surface area (Å²) in [6.07, 6.45) is 6.02. The topological polar surface area (TPSA) is 58.1 Å². The minimum Gasteiger partial charge on any atom is -0.307 e. The van der Waals surface area contributed by atoms with E-state index in [9.17, 15) is 9.59 Å². The van der Waals surface area contributed by atoms with Crippen LogP contribution >= 0.6 is 0 Å². The third kappa shape index (κ3) is 2.63. The van der Waals surface area contributed by atoms with Gasteiger partial charge in [-0.2, -0.15) is 0 Å². The molecule has 1 N–H and O–H groups in total. The lowest BCUT2D eigenvalue weighted by atomic mass is 9.83. The summed E-state index contributed by atoms with van der Waals surface area (Å²) in [5, 5.41) is 0.600. The van der Waals surface area contributed by atoms with E-state index in [0.29, 0.717) is 29.4 Å². The van der Waals surface area contributed by atoms with Crippen molar-refractivity contribution in [1.82, 2.24) is 14.5 Å². The number of nitrogens with zero attached hydrogens (tertiary/aromatic N) is 2. The summed E-state index contributed by atoms with van der Waals surface area (Å²) in [5.74, 6) is 0.406. The summed E-state index contributed by atoms with van der Waals surface area (Å²) in [6, 6.07) is 7.79. The molecular weight excluding hydrogens is 290 g/mol. The number of aromatic amines is 1. The SMILES string of the molecule is O=c1[nH]c2ccccc2c(=O)n1CC1CCCN2CCCCC12. The van der Waals surface area contributed by atoms with Gasteiger partial charge in [-0.3, -0.25) is 9.36 Å². The highest BCUT2D eigenvalue weighted by molar-refractivity contribution is 5.76. The highest BCUT2D eigenvalue weighted by atomic mass is 16.2. The summed E-state index contributed by atoms with van der Waals surface area (Å²) >= 11 is 0. The van der Waals surface area contributed by atoms with E-state index in [1.54, 1.807) is 12.1 Å². The number of benzene rings is 1. The minimum absolute atomic E-state index is 0.155. The van der Waals surface area contributed by atoms with Crippen molar-refractivity contribution in [2.24, 2.45) is 5.92 Å². The Morgan fingerprint density at radius 3 is 2.78 bits per heavy atom. The van der Waals surface area contributed by atoms with E-state index in [2.05, 4.69) is 9.88 Å². The first-order valence-corrected chi connectivity index (χ1v) is 8.70. The first-order chi connectivity index (χ1) is 11.2. The molecule has 4 rings (SSSR count). The normalized spacial score (nSPS) is 25.4. The average molecular weight is 313 g/mol. The fraction of sp³-hybridized carbons (Fsp3) is 0.556. The highest BCUT2D eigenvalue weighted by Gasteiger charge is 2.33. The molecule has 5 nitrogen and oxygen atoms in total. The van der Waals surface area contributed by atoms with Crippen LogP contribution in [-0.4, -0.2) is 33.6 Å². The van der Waals surface area contributed by atoms with Crippen LogP contribution in [0.1, 0.15) is 32.1 Å². The molecule has 122 valence electrons. The Morgan fingerprint density at radius 2 is 1.87 bits per heavy atom. The van der Waals surface area contributed by atoms with Crippen molar-refractivity contribution in [3.8, 4) is 0 Å². The molecular formula is C18H23N3O2. The number of rotatable bonds is 2. The van der Waals surface area contributed by atoms with Crippen molar-refractivity contribution in [2.75, 3.05) is 13.1 Å². The van der Waals surface area contributed by atoms with Crippen LogP contribution in [0.2, 0.25) is 0 Å². The standard InChI is InChI=1S/C18H23N3O2/c22-17-14-7-1-2-8-15(14)19-18(23)21(17)12-13-6-5-11-20-10-4-3-9-16(13)20/h1-2,7-8,13,16H,3-6,9-12H2,(H,19,23). The first kappa shape index (κ1) is 14.7. The lowest BCUT2D eigenvalue weighted by Crippen LogP contribution is -2.50. The van der Waals surface area contributed by atoms with Gasteiger partial charge in [0.15, 0.2) is 0 Å². The van der Waals surface area contributed by atoms with Gasteiger partial charge >= 0.3 is 5.69 Å². The van der Waals surface area contributed by atoms with Gasteiger partial charge in [0.1, 0.15) is 0 Å². The molecule has 2 unspecified atom stereocenters. The summed E-state index contributed by atoms with van der Waals surface area (Å²) < 4.78 is 1.42. The molecule has 23 heavy (non-hydrogen) atoms. The van der Waals surface area contributed by atoms with Gasteiger partial charge in [0.05, 0.1) is 10.9 Å². The van der Waals surface area contributed by atoms with E-state index in [-0.39, 0.29) is 11.2 Å². The Balaban J connectivity index is 1.69. The second-order valence-electron chi connectivity index (χ2n) is 6.89. The van der Waals surface area contributed by atoms with Gasteiger partial charge in [-0.25, -0.2) is 4.79 Å². The third-order valence-electron chi connectivity index (χ3n) is 5.54. The Kier molecular flexibility index (Phi) is 3.81. The van der Waals surface area contributed by atoms with Gasteiger partial charge < -0.3 is 9.88 Å².